The second kappa shape index (κ2) is 11.7. The molecule has 3 fully saturated rings. The SMILES string of the molecule is CC1(/C(=C(\Cc2ccc(C#N)cc2)C(Nc2ccc(C(F)(F)F)cc2-c2ccc(C(F)(F)F)nc2)=C2CC2)C2CC2)CCCN1. The van der Waals surface area contributed by atoms with Gasteiger partial charge < -0.3 is 10.6 Å². The number of alkyl halides is 6. The summed E-state index contributed by atoms with van der Waals surface area (Å²) in [5.41, 5.74) is 4.29. The summed E-state index contributed by atoms with van der Waals surface area (Å²) in [7, 11) is 0. The van der Waals surface area contributed by atoms with E-state index in [1.54, 1.807) is 12.1 Å². The van der Waals surface area contributed by atoms with Crippen molar-refractivity contribution in [1.29, 1.82) is 5.26 Å². The van der Waals surface area contributed by atoms with E-state index < -0.39 is 23.6 Å². The van der Waals surface area contributed by atoms with Gasteiger partial charge in [0, 0.05) is 34.2 Å². The van der Waals surface area contributed by atoms with Gasteiger partial charge in [-0.3, -0.25) is 4.98 Å². The van der Waals surface area contributed by atoms with Crippen LogP contribution in [0.3, 0.4) is 0 Å². The van der Waals surface area contributed by atoms with Crippen LogP contribution in [0.15, 0.2) is 83.2 Å². The Balaban J connectivity index is 1.48. The maximum atomic E-state index is 13.8. The van der Waals surface area contributed by atoms with Gasteiger partial charge in [0.2, 0.25) is 0 Å². The largest absolute Gasteiger partial charge is 0.433 e. The number of nitrogens with zero attached hydrogens (tertiary/aromatic N) is 2. The van der Waals surface area contributed by atoms with Crippen LogP contribution in [0, 0.1) is 17.2 Å². The Hall–Kier alpha value is -4.10. The summed E-state index contributed by atoms with van der Waals surface area (Å²) < 4.78 is 81.3. The molecule has 1 atom stereocenters. The molecule has 1 aliphatic heterocycles. The molecule has 2 aromatic carbocycles. The molecule has 2 N–H and O–H groups in total. The van der Waals surface area contributed by atoms with Crippen LogP contribution < -0.4 is 10.6 Å². The summed E-state index contributed by atoms with van der Waals surface area (Å²) in [6.45, 7) is 3.11. The lowest BCUT2D eigenvalue weighted by molar-refractivity contribution is -0.141. The fraction of sp³-hybridized carbons (Fsp3) is 0.371. The van der Waals surface area contributed by atoms with Crippen LogP contribution in [0.4, 0.5) is 32.0 Å². The number of hydrogen-bond acceptors (Lipinski definition) is 4. The van der Waals surface area contributed by atoms with Crippen LogP contribution in [0.1, 0.15) is 67.8 Å². The summed E-state index contributed by atoms with van der Waals surface area (Å²) in [6.07, 6.45) is -2.04. The highest BCUT2D eigenvalue weighted by Crippen LogP contribution is 2.50. The Kier molecular flexibility index (Phi) is 8.02. The van der Waals surface area contributed by atoms with E-state index in [2.05, 4.69) is 28.6 Å². The number of rotatable bonds is 8. The molecule has 3 aliphatic rings. The van der Waals surface area contributed by atoms with Crippen molar-refractivity contribution in [2.45, 2.75) is 69.8 Å². The van der Waals surface area contributed by atoms with Crippen molar-refractivity contribution in [3.63, 3.8) is 0 Å². The molecular formula is C35H32F6N4. The van der Waals surface area contributed by atoms with Crippen molar-refractivity contribution < 1.29 is 26.3 Å². The summed E-state index contributed by atoms with van der Waals surface area (Å²) >= 11 is 0. The van der Waals surface area contributed by atoms with Gasteiger partial charge in [-0.05, 0) is 123 Å². The number of allylic oxidation sites excluding steroid dienone is 2. The van der Waals surface area contributed by atoms with Crippen LogP contribution in [0.2, 0.25) is 0 Å². The topological polar surface area (TPSA) is 60.7 Å². The third-order valence-corrected chi connectivity index (χ3v) is 8.86. The molecule has 0 spiro atoms. The first kappa shape index (κ1) is 30.9. The Bertz CT molecular complexity index is 1680. The fourth-order valence-corrected chi connectivity index (χ4v) is 6.36. The predicted octanol–water partition coefficient (Wildman–Crippen LogP) is 9.21. The van der Waals surface area contributed by atoms with Crippen molar-refractivity contribution in [2.24, 2.45) is 5.92 Å². The van der Waals surface area contributed by atoms with Gasteiger partial charge in [-0.2, -0.15) is 31.6 Å². The van der Waals surface area contributed by atoms with Crippen molar-refractivity contribution >= 4 is 5.69 Å². The minimum absolute atomic E-state index is 0.112. The van der Waals surface area contributed by atoms with Crippen LogP contribution >= 0.6 is 0 Å². The second-order valence-corrected chi connectivity index (χ2v) is 12.3. The highest BCUT2D eigenvalue weighted by atomic mass is 19.4. The lowest BCUT2D eigenvalue weighted by Gasteiger charge is -2.33. The molecule has 3 aromatic rings. The smallest absolute Gasteiger partial charge is 0.355 e. The normalized spacial score (nSPS) is 20.4. The Morgan fingerprint density at radius 2 is 1.73 bits per heavy atom. The van der Waals surface area contributed by atoms with Crippen LogP contribution in [0.5, 0.6) is 0 Å². The standard InChI is InChI=1S/C35H32F6N4/c1-33(15-2-16-44-33)31(23-7-8-23)28(17-21-3-5-22(19-42)6-4-21)32(24-9-10-24)45-29-13-12-26(34(36,37)38)18-27(29)25-11-14-30(43-20-25)35(39,40)41/h3-6,11-14,18,20,23,44-45H,2,7-10,15-17H2,1H3/b31-28+. The van der Waals surface area contributed by atoms with Gasteiger partial charge in [0.05, 0.1) is 17.2 Å². The van der Waals surface area contributed by atoms with E-state index in [9.17, 15) is 31.6 Å². The van der Waals surface area contributed by atoms with E-state index in [1.807, 2.05) is 12.1 Å². The maximum absolute atomic E-state index is 13.8. The maximum Gasteiger partial charge on any atom is 0.433 e. The number of benzene rings is 2. The summed E-state index contributed by atoms with van der Waals surface area (Å²) in [4.78, 5) is 3.53. The van der Waals surface area contributed by atoms with E-state index >= 15 is 0 Å². The van der Waals surface area contributed by atoms with Crippen molar-refractivity contribution in [2.75, 3.05) is 11.9 Å². The third kappa shape index (κ3) is 6.79. The van der Waals surface area contributed by atoms with E-state index in [0.29, 0.717) is 23.6 Å². The number of nitrogens with one attached hydrogen (secondary N) is 2. The van der Waals surface area contributed by atoms with Crippen LogP contribution in [0.25, 0.3) is 11.1 Å². The van der Waals surface area contributed by atoms with Gasteiger partial charge in [-0.15, -0.1) is 0 Å². The zero-order chi connectivity index (χ0) is 32.0. The molecule has 0 radical (unpaired) electrons. The molecule has 1 unspecified atom stereocenters. The number of halogens is 6. The third-order valence-electron chi connectivity index (χ3n) is 8.86. The van der Waals surface area contributed by atoms with Crippen molar-refractivity contribution in [1.82, 2.24) is 10.3 Å². The van der Waals surface area contributed by atoms with Crippen LogP contribution in [-0.2, 0) is 18.8 Å². The molecule has 4 nitrogen and oxygen atoms in total. The summed E-state index contributed by atoms with van der Waals surface area (Å²) in [5, 5.41) is 16.5. The minimum Gasteiger partial charge on any atom is -0.355 e. The first-order valence-corrected chi connectivity index (χ1v) is 15.1. The molecule has 2 aliphatic carbocycles. The quantitative estimate of drug-likeness (QED) is 0.246. The molecular weight excluding hydrogens is 590 g/mol. The number of pyridine rings is 1. The van der Waals surface area contributed by atoms with Gasteiger partial charge in [0.1, 0.15) is 5.69 Å². The lowest BCUT2D eigenvalue weighted by Crippen LogP contribution is -2.40. The Labute approximate surface area is 257 Å². The molecule has 2 saturated carbocycles. The molecule has 0 bridgehead atoms. The fourth-order valence-electron chi connectivity index (χ4n) is 6.36. The van der Waals surface area contributed by atoms with Gasteiger partial charge in [-0.25, -0.2) is 0 Å². The molecule has 45 heavy (non-hydrogen) atoms. The highest BCUT2D eigenvalue weighted by molar-refractivity contribution is 5.80. The molecule has 1 aromatic heterocycles. The van der Waals surface area contributed by atoms with Crippen LogP contribution in [-0.4, -0.2) is 17.1 Å². The average molecular weight is 623 g/mol. The zero-order valence-electron chi connectivity index (χ0n) is 24.7. The number of anilines is 1. The van der Waals surface area contributed by atoms with E-state index in [1.165, 1.54) is 11.6 Å². The first-order valence-electron chi connectivity index (χ1n) is 15.1. The minimum atomic E-state index is -4.67. The average Bonchev–Trinajstić information content (AvgIpc) is 3.94. The molecule has 0 amide bonds. The van der Waals surface area contributed by atoms with Crippen molar-refractivity contribution in [3.05, 3.63) is 106 Å². The molecule has 234 valence electrons. The van der Waals surface area contributed by atoms with E-state index in [4.69, 9.17) is 0 Å². The number of nitriles is 1. The number of aromatic nitrogens is 1. The highest BCUT2D eigenvalue weighted by Gasteiger charge is 2.43. The second-order valence-electron chi connectivity index (χ2n) is 12.3. The molecule has 1 saturated heterocycles. The first-order chi connectivity index (χ1) is 21.4. The Morgan fingerprint density at radius 1 is 1.00 bits per heavy atom. The monoisotopic (exact) mass is 622 g/mol. The van der Waals surface area contributed by atoms with Gasteiger partial charge in [0.15, 0.2) is 0 Å². The van der Waals surface area contributed by atoms with Crippen molar-refractivity contribution in [3.8, 4) is 17.2 Å². The van der Waals surface area contributed by atoms with E-state index in [-0.39, 0.29) is 16.7 Å². The van der Waals surface area contributed by atoms with Gasteiger partial charge >= 0.3 is 12.4 Å². The molecule has 10 heteroatoms. The predicted molar refractivity (Wildman–Crippen MR) is 160 cm³/mol. The zero-order valence-corrected chi connectivity index (χ0v) is 24.7. The van der Waals surface area contributed by atoms with E-state index in [0.717, 1.165) is 97.9 Å². The summed E-state index contributed by atoms with van der Waals surface area (Å²) in [6, 6.07) is 14.8. The number of hydrogen-bond donors (Lipinski definition) is 2. The van der Waals surface area contributed by atoms with Gasteiger partial charge in [-0.1, -0.05) is 18.2 Å². The molecule has 6 rings (SSSR count). The Morgan fingerprint density at radius 3 is 2.27 bits per heavy atom. The summed E-state index contributed by atoms with van der Waals surface area (Å²) in [5.74, 6) is 0.372. The molecule has 2 heterocycles. The lowest BCUT2D eigenvalue weighted by atomic mass is 9.80. The van der Waals surface area contributed by atoms with Gasteiger partial charge in [0.25, 0.3) is 0 Å².